The Labute approximate surface area is 145 Å². The Morgan fingerprint density at radius 3 is 2.96 bits per heavy atom. The predicted octanol–water partition coefficient (Wildman–Crippen LogP) is 4.72. The van der Waals surface area contributed by atoms with Crippen LogP contribution in [0.5, 0.6) is 0 Å². The Kier molecular flexibility index (Phi) is 3.82. The summed E-state index contributed by atoms with van der Waals surface area (Å²) >= 11 is 7.28. The van der Waals surface area contributed by atoms with Crippen LogP contribution in [0.4, 0.5) is 10.1 Å². The summed E-state index contributed by atoms with van der Waals surface area (Å²) in [6.07, 6.45) is 2.14. The van der Waals surface area contributed by atoms with Gasteiger partial charge in [-0.05, 0) is 36.4 Å². The van der Waals surface area contributed by atoms with Gasteiger partial charge in [-0.1, -0.05) is 22.8 Å². The van der Waals surface area contributed by atoms with Crippen molar-refractivity contribution in [1.29, 1.82) is 0 Å². The van der Waals surface area contributed by atoms with Gasteiger partial charge in [0.05, 0.1) is 16.3 Å². The van der Waals surface area contributed by atoms with Crippen LogP contribution in [0.1, 0.15) is 34.9 Å². The third-order valence-electron chi connectivity index (χ3n) is 3.68. The normalized spacial score (nSPS) is 13.9. The summed E-state index contributed by atoms with van der Waals surface area (Å²) in [5, 5.41) is 8.47. The van der Waals surface area contributed by atoms with Gasteiger partial charge in [0.25, 0.3) is 11.8 Å². The van der Waals surface area contributed by atoms with Crippen molar-refractivity contribution >= 4 is 34.5 Å². The molecule has 1 aromatic carbocycles. The molecule has 0 unspecified atom stereocenters. The van der Waals surface area contributed by atoms with Crippen molar-refractivity contribution in [3.63, 3.8) is 0 Å². The number of benzene rings is 1. The molecule has 122 valence electrons. The highest BCUT2D eigenvalue weighted by Gasteiger charge is 2.29. The highest BCUT2D eigenvalue weighted by molar-refractivity contribution is 7.14. The molecule has 1 fully saturated rings. The van der Waals surface area contributed by atoms with Gasteiger partial charge in [0.1, 0.15) is 10.7 Å². The van der Waals surface area contributed by atoms with E-state index in [0.29, 0.717) is 28.2 Å². The van der Waals surface area contributed by atoms with Crippen LogP contribution in [-0.4, -0.2) is 16.0 Å². The highest BCUT2D eigenvalue weighted by atomic mass is 35.5. The van der Waals surface area contributed by atoms with E-state index in [0.717, 1.165) is 12.8 Å². The molecule has 4 rings (SSSR count). The van der Waals surface area contributed by atoms with Crippen LogP contribution in [0.3, 0.4) is 0 Å². The van der Waals surface area contributed by atoms with Gasteiger partial charge in [0.2, 0.25) is 0 Å². The van der Waals surface area contributed by atoms with Crippen molar-refractivity contribution in [2.24, 2.45) is 0 Å². The monoisotopic (exact) mass is 363 g/mol. The fourth-order valence-corrected chi connectivity index (χ4v) is 3.33. The van der Waals surface area contributed by atoms with Crippen LogP contribution < -0.4 is 5.32 Å². The molecule has 0 bridgehead atoms. The van der Waals surface area contributed by atoms with Gasteiger partial charge in [0.15, 0.2) is 5.82 Å². The molecule has 24 heavy (non-hydrogen) atoms. The van der Waals surface area contributed by atoms with Crippen LogP contribution in [0.15, 0.2) is 34.2 Å². The number of amides is 1. The molecule has 2 aromatic heterocycles. The van der Waals surface area contributed by atoms with E-state index in [1.54, 1.807) is 11.4 Å². The smallest absolute Gasteiger partial charge is 0.270 e. The maximum absolute atomic E-state index is 13.9. The predicted molar refractivity (Wildman–Crippen MR) is 88.9 cm³/mol. The molecule has 1 aliphatic rings. The lowest BCUT2D eigenvalue weighted by atomic mass is 10.2. The second kappa shape index (κ2) is 5.99. The van der Waals surface area contributed by atoms with Crippen LogP contribution >= 0.6 is 22.9 Å². The lowest BCUT2D eigenvalue weighted by molar-refractivity contribution is 0.102. The third kappa shape index (κ3) is 2.81. The minimum atomic E-state index is -0.675. The number of thiophene rings is 1. The number of rotatable bonds is 4. The van der Waals surface area contributed by atoms with Crippen molar-refractivity contribution in [1.82, 2.24) is 10.1 Å². The lowest BCUT2D eigenvalue weighted by Gasteiger charge is -2.07. The Morgan fingerprint density at radius 2 is 2.21 bits per heavy atom. The van der Waals surface area contributed by atoms with Crippen molar-refractivity contribution in [2.75, 3.05) is 5.32 Å². The molecular weight excluding hydrogens is 353 g/mol. The fourth-order valence-electron chi connectivity index (χ4n) is 2.31. The molecule has 0 saturated heterocycles. The van der Waals surface area contributed by atoms with Gasteiger partial charge in [0, 0.05) is 5.92 Å². The van der Waals surface area contributed by atoms with E-state index in [2.05, 4.69) is 15.5 Å². The molecule has 8 heteroatoms. The standard InChI is InChI=1S/C16H11ClFN3O2S/c17-9-2-1-3-10(18)12(9)15(22)19-11-6-7-24-13(11)16-20-14(21-23-16)8-4-5-8/h1-3,6-8H,4-5H2,(H,19,22). The number of anilines is 1. The quantitative estimate of drug-likeness (QED) is 0.728. The summed E-state index contributed by atoms with van der Waals surface area (Å²) in [5.74, 6) is 0.109. The maximum atomic E-state index is 13.9. The molecule has 0 atom stereocenters. The summed E-state index contributed by atoms with van der Waals surface area (Å²) in [6.45, 7) is 0. The van der Waals surface area contributed by atoms with Crippen LogP contribution in [0.25, 0.3) is 10.8 Å². The van der Waals surface area contributed by atoms with Crippen molar-refractivity contribution < 1.29 is 13.7 Å². The molecule has 1 amide bonds. The third-order valence-corrected chi connectivity index (χ3v) is 4.90. The molecule has 0 spiro atoms. The van der Waals surface area contributed by atoms with Gasteiger partial charge >= 0.3 is 0 Å². The number of halogens is 2. The van der Waals surface area contributed by atoms with E-state index < -0.39 is 11.7 Å². The summed E-state index contributed by atoms with van der Waals surface area (Å²) in [6, 6.07) is 5.80. The van der Waals surface area contributed by atoms with Gasteiger partial charge in [-0.25, -0.2) is 4.39 Å². The van der Waals surface area contributed by atoms with E-state index in [-0.39, 0.29) is 10.6 Å². The van der Waals surface area contributed by atoms with Crippen LogP contribution in [-0.2, 0) is 0 Å². The van der Waals surface area contributed by atoms with Gasteiger partial charge in [-0.2, -0.15) is 4.98 Å². The largest absolute Gasteiger partial charge is 0.333 e. The minimum absolute atomic E-state index is 0.0538. The summed E-state index contributed by atoms with van der Waals surface area (Å²) < 4.78 is 19.2. The summed E-state index contributed by atoms with van der Waals surface area (Å²) in [4.78, 5) is 17.4. The molecule has 3 aromatic rings. The average molecular weight is 364 g/mol. The number of hydrogen-bond donors (Lipinski definition) is 1. The fraction of sp³-hybridized carbons (Fsp3) is 0.188. The number of aromatic nitrogens is 2. The Bertz CT molecular complexity index is 899. The molecular formula is C16H11ClFN3O2S. The van der Waals surface area contributed by atoms with Crippen molar-refractivity contribution in [3.05, 3.63) is 51.9 Å². The molecule has 1 N–H and O–H groups in total. The topological polar surface area (TPSA) is 68.0 Å². The van der Waals surface area contributed by atoms with Crippen LogP contribution in [0.2, 0.25) is 5.02 Å². The Balaban J connectivity index is 1.61. The van der Waals surface area contributed by atoms with E-state index >= 15 is 0 Å². The first-order valence-corrected chi connectivity index (χ1v) is 8.56. The van der Waals surface area contributed by atoms with Gasteiger partial charge in [-0.15, -0.1) is 11.3 Å². The first-order chi connectivity index (χ1) is 11.6. The highest BCUT2D eigenvalue weighted by Crippen LogP contribution is 2.40. The molecule has 2 heterocycles. The maximum Gasteiger partial charge on any atom is 0.270 e. The lowest BCUT2D eigenvalue weighted by Crippen LogP contribution is -2.14. The van der Waals surface area contributed by atoms with E-state index in [4.69, 9.17) is 16.1 Å². The number of nitrogens with one attached hydrogen (secondary N) is 1. The zero-order valence-corrected chi connectivity index (χ0v) is 13.8. The van der Waals surface area contributed by atoms with Crippen molar-refractivity contribution in [3.8, 4) is 10.8 Å². The second-order valence-corrected chi connectivity index (χ2v) is 6.77. The first-order valence-electron chi connectivity index (χ1n) is 7.30. The zero-order valence-electron chi connectivity index (χ0n) is 12.3. The minimum Gasteiger partial charge on any atom is -0.333 e. The van der Waals surface area contributed by atoms with Gasteiger partial charge < -0.3 is 9.84 Å². The molecule has 0 aliphatic heterocycles. The average Bonchev–Trinajstić information content (AvgIpc) is 3.10. The van der Waals surface area contributed by atoms with Crippen LogP contribution in [0, 0.1) is 5.82 Å². The number of carbonyl (C=O) groups excluding carboxylic acids is 1. The number of nitrogens with zero attached hydrogens (tertiary/aromatic N) is 2. The second-order valence-electron chi connectivity index (χ2n) is 5.45. The van der Waals surface area contributed by atoms with Gasteiger partial charge in [-0.3, -0.25) is 4.79 Å². The zero-order chi connectivity index (χ0) is 16.7. The SMILES string of the molecule is O=C(Nc1ccsc1-c1nc(C2CC2)no1)c1c(F)cccc1Cl. The number of carbonyl (C=O) groups is 1. The first kappa shape index (κ1) is 15.3. The molecule has 5 nitrogen and oxygen atoms in total. The summed E-state index contributed by atoms with van der Waals surface area (Å²) in [7, 11) is 0. The van der Waals surface area contributed by atoms with Crippen molar-refractivity contribution in [2.45, 2.75) is 18.8 Å². The molecule has 0 radical (unpaired) electrons. The summed E-state index contributed by atoms with van der Waals surface area (Å²) in [5.41, 5.74) is 0.288. The van der Waals surface area contributed by atoms with E-state index in [1.165, 1.54) is 29.5 Å². The Hall–Kier alpha value is -2.25. The van der Waals surface area contributed by atoms with E-state index in [1.807, 2.05) is 0 Å². The molecule has 1 aliphatic carbocycles. The molecule has 1 saturated carbocycles. The van der Waals surface area contributed by atoms with E-state index in [9.17, 15) is 9.18 Å². The number of hydrogen-bond acceptors (Lipinski definition) is 5. The Morgan fingerprint density at radius 1 is 1.38 bits per heavy atom.